The molecule has 2 aromatic carbocycles. The predicted octanol–water partition coefficient (Wildman–Crippen LogP) is 4.02. The topological polar surface area (TPSA) is 50.7 Å². The highest BCUT2D eigenvalue weighted by atomic mass is 16.5. The highest BCUT2D eigenvalue weighted by Gasteiger charge is 2.07. The monoisotopic (exact) mass is 310 g/mol. The quantitative estimate of drug-likeness (QED) is 0.620. The number of methoxy groups -OCH3 is 1. The minimum atomic E-state index is -0.224. The third-order valence-corrected chi connectivity index (χ3v) is 3.52. The lowest BCUT2D eigenvalue weighted by atomic mass is 10.1. The minimum absolute atomic E-state index is 0.224. The molecular weight excluding hydrogens is 288 g/mol. The number of nitrogens with zero attached hydrogens (tertiary/aromatic N) is 1. The summed E-state index contributed by atoms with van der Waals surface area (Å²) in [6.07, 6.45) is 2.95. The summed E-state index contributed by atoms with van der Waals surface area (Å²) in [5, 5.41) is 4.34. The van der Waals surface area contributed by atoms with E-state index in [4.69, 9.17) is 4.74 Å². The number of hydrogen-bond acceptors (Lipinski definition) is 3. The maximum Gasteiger partial charge on any atom is 0.271 e. The van der Waals surface area contributed by atoms with E-state index in [0.717, 1.165) is 36.3 Å². The van der Waals surface area contributed by atoms with Gasteiger partial charge in [-0.3, -0.25) is 4.79 Å². The average molecular weight is 310 g/mol. The molecule has 0 spiro atoms. The summed E-state index contributed by atoms with van der Waals surface area (Å²) in [6.45, 7) is 2.14. The Morgan fingerprint density at radius 3 is 2.35 bits per heavy atom. The van der Waals surface area contributed by atoms with Gasteiger partial charge in [-0.15, -0.1) is 0 Å². The molecule has 0 heterocycles. The Morgan fingerprint density at radius 2 is 1.74 bits per heavy atom. The van der Waals surface area contributed by atoms with Gasteiger partial charge < -0.3 is 4.74 Å². The van der Waals surface area contributed by atoms with Crippen LogP contribution in [0, 0.1) is 0 Å². The first-order chi connectivity index (χ1) is 11.2. The second-order valence-electron chi connectivity index (χ2n) is 5.20. The maximum atomic E-state index is 12.2. The first kappa shape index (κ1) is 16.7. The summed E-state index contributed by atoms with van der Waals surface area (Å²) in [4.78, 5) is 12.2. The van der Waals surface area contributed by atoms with Gasteiger partial charge in [-0.05, 0) is 42.7 Å². The molecule has 0 aliphatic heterocycles. The Balaban J connectivity index is 2.10. The summed E-state index contributed by atoms with van der Waals surface area (Å²) in [7, 11) is 1.60. The van der Waals surface area contributed by atoms with E-state index >= 15 is 0 Å². The van der Waals surface area contributed by atoms with Gasteiger partial charge in [0.2, 0.25) is 0 Å². The minimum Gasteiger partial charge on any atom is -0.497 e. The smallest absolute Gasteiger partial charge is 0.271 e. The summed E-state index contributed by atoms with van der Waals surface area (Å²) in [6, 6.07) is 16.9. The van der Waals surface area contributed by atoms with Crippen molar-refractivity contribution in [1.29, 1.82) is 0 Å². The molecule has 0 aliphatic carbocycles. The van der Waals surface area contributed by atoms with E-state index in [1.807, 2.05) is 30.3 Å². The van der Waals surface area contributed by atoms with Crippen molar-refractivity contribution in [2.75, 3.05) is 7.11 Å². The van der Waals surface area contributed by atoms with E-state index in [2.05, 4.69) is 17.5 Å². The number of carbonyl (C=O) groups excluding carboxylic acids is 1. The van der Waals surface area contributed by atoms with Gasteiger partial charge in [-0.25, -0.2) is 5.43 Å². The molecule has 4 heteroatoms. The molecule has 23 heavy (non-hydrogen) atoms. The van der Waals surface area contributed by atoms with Crippen LogP contribution in [0.4, 0.5) is 0 Å². The molecule has 0 atom stereocenters. The number of carbonyl (C=O) groups is 1. The number of amides is 1. The fourth-order valence-electron chi connectivity index (χ4n) is 2.16. The number of rotatable bonds is 7. The number of benzene rings is 2. The molecule has 0 saturated carbocycles. The lowest BCUT2D eigenvalue weighted by Gasteiger charge is -2.07. The highest BCUT2D eigenvalue weighted by Crippen LogP contribution is 2.12. The second kappa shape index (κ2) is 8.73. The van der Waals surface area contributed by atoms with Gasteiger partial charge in [0.25, 0.3) is 5.91 Å². The molecule has 0 bridgehead atoms. The van der Waals surface area contributed by atoms with Crippen LogP contribution in [-0.4, -0.2) is 18.7 Å². The van der Waals surface area contributed by atoms with Crippen molar-refractivity contribution in [3.05, 3.63) is 65.7 Å². The van der Waals surface area contributed by atoms with Crippen LogP contribution in [0.25, 0.3) is 0 Å². The second-order valence-corrected chi connectivity index (χ2v) is 5.20. The van der Waals surface area contributed by atoms with E-state index in [1.165, 1.54) is 0 Å². The van der Waals surface area contributed by atoms with Crippen LogP contribution in [0.5, 0.6) is 5.75 Å². The zero-order valence-corrected chi connectivity index (χ0v) is 13.6. The Morgan fingerprint density at radius 1 is 1.04 bits per heavy atom. The van der Waals surface area contributed by atoms with Crippen molar-refractivity contribution in [2.45, 2.75) is 26.2 Å². The summed E-state index contributed by atoms with van der Waals surface area (Å²) < 4.78 is 5.09. The zero-order valence-electron chi connectivity index (χ0n) is 13.6. The van der Waals surface area contributed by atoms with Crippen LogP contribution in [0.1, 0.15) is 42.1 Å². The van der Waals surface area contributed by atoms with E-state index < -0.39 is 0 Å². The fraction of sp³-hybridized carbons (Fsp3) is 0.263. The lowest BCUT2D eigenvalue weighted by Crippen LogP contribution is -2.20. The van der Waals surface area contributed by atoms with Gasteiger partial charge in [0, 0.05) is 5.56 Å². The van der Waals surface area contributed by atoms with Crippen molar-refractivity contribution >= 4 is 11.6 Å². The molecule has 120 valence electrons. The Hall–Kier alpha value is -2.62. The number of unbranched alkanes of at least 4 members (excludes halogenated alkanes) is 1. The molecular formula is C19H22N2O2. The Kier molecular flexibility index (Phi) is 6.36. The number of hydrogen-bond donors (Lipinski definition) is 1. The van der Waals surface area contributed by atoms with Gasteiger partial charge >= 0.3 is 0 Å². The molecule has 0 aromatic heterocycles. The van der Waals surface area contributed by atoms with Crippen molar-refractivity contribution in [3.8, 4) is 5.75 Å². The maximum absolute atomic E-state index is 12.2. The van der Waals surface area contributed by atoms with Crippen LogP contribution in [0.3, 0.4) is 0 Å². The first-order valence-electron chi connectivity index (χ1n) is 7.81. The highest BCUT2D eigenvalue weighted by molar-refractivity contribution is 6.02. The zero-order chi connectivity index (χ0) is 16.5. The average Bonchev–Trinajstić information content (AvgIpc) is 2.62. The van der Waals surface area contributed by atoms with Gasteiger partial charge in [-0.1, -0.05) is 43.7 Å². The van der Waals surface area contributed by atoms with E-state index in [9.17, 15) is 4.79 Å². The van der Waals surface area contributed by atoms with Crippen molar-refractivity contribution in [2.24, 2.45) is 5.10 Å². The fourth-order valence-corrected chi connectivity index (χ4v) is 2.16. The molecule has 0 radical (unpaired) electrons. The largest absolute Gasteiger partial charge is 0.497 e. The number of nitrogens with one attached hydrogen (secondary N) is 1. The van der Waals surface area contributed by atoms with Gasteiger partial charge in [0.05, 0.1) is 12.8 Å². The number of ether oxygens (including phenoxy) is 1. The van der Waals surface area contributed by atoms with Gasteiger partial charge in [0.1, 0.15) is 5.75 Å². The Labute approximate surface area is 137 Å². The van der Waals surface area contributed by atoms with Crippen LogP contribution in [-0.2, 0) is 0 Å². The van der Waals surface area contributed by atoms with Crippen LogP contribution >= 0.6 is 0 Å². The van der Waals surface area contributed by atoms with E-state index in [-0.39, 0.29) is 5.91 Å². The van der Waals surface area contributed by atoms with Crippen molar-refractivity contribution in [3.63, 3.8) is 0 Å². The van der Waals surface area contributed by atoms with Crippen LogP contribution in [0.2, 0.25) is 0 Å². The van der Waals surface area contributed by atoms with Gasteiger partial charge in [0.15, 0.2) is 0 Å². The SMILES string of the molecule is CCCC/C(=N/NC(=O)c1ccc(OC)cc1)c1ccccc1. The molecule has 1 amide bonds. The van der Waals surface area contributed by atoms with Crippen molar-refractivity contribution in [1.82, 2.24) is 5.43 Å². The molecule has 4 nitrogen and oxygen atoms in total. The third kappa shape index (κ3) is 4.95. The molecule has 0 aliphatic rings. The van der Waals surface area contributed by atoms with Gasteiger partial charge in [-0.2, -0.15) is 5.10 Å². The first-order valence-corrected chi connectivity index (χ1v) is 7.81. The lowest BCUT2D eigenvalue weighted by molar-refractivity contribution is 0.0954. The van der Waals surface area contributed by atoms with Crippen LogP contribution < -0.4 is 10.2 Å². The summed E-state index contributed by atoms with van der Waals surface area (Å²) in [5.74, 6) is 0.496. The Bertz CT molecular complexity index is 649. The summed E-state index contributed by atoms with van der Waals surface area (Å²) in [5.41, 5.74) is 5.14. The van der Waals surface area contributed by atoms with E-state index in [0.29, 0.717) is 5.56 Å². The van der Waals surface area contributed by atoms with Crippen molar-refractivity contribution < 1.29 is 9.53 Å². The normalized spacial score (nSPS) is 11.1. The molecule has 0 unspecified atom stereocenters. The third-order valence-electron chi connectivity index (χ3n) is 3.52. The van der Waals surface area contributed by atoms with E-state index in [1.54, 1.807) is 31.4 Å². The number of hydrazone groups is 1. The molecule has 2 aromatic rings. The molecule has 1 N–H and O–H groups in total. The molecule has 0 fully saturated rings. The predicted molar refractivity (Wildman–Crippen MR) is 93.0 cm³/mol. The summed E-state index contributed by atoms with van der Waals surface area (Å²) >= 11 is 0. The molecule has 0 saturated heterocycles. The molecule has 2 rings (SSSR count). The van der Waals surface area contributed by atoms with Crippen LogP contribution in [0.15, 0.2) is 59.7 Å². The standard InChI is InChI=1S/C19H22N2O2/c1-3-4-10-18(15-8-6-5-7-9-15)20-21-19(22)16-11-13-17(23-2)14-12-16/h5-9,11-14H,3-4,10H2,1-2H3,(H,21,22)/b20-18-.